The summed E-state index contributed by atoms with van der Waals surface area (Å²) >= 11 is 12.1. The summed E-state index contributed by atoms with van der Waals surface area (Å²) in [6.07, 6.45) is 0.540. The van der Waals surface area contributed by atoms with E-state index in [1.54, 1.807) is 31.2 Å². The van der Waals surface area contributed by atoms with E-state index in [0.29, 0.717) is 28.6 Å². The second-order valence-corrected chi connectivity index (χ2v) is 6.83. The van der Waals surface area contributed by atoms with Crippen LogP contribution in [0, 0.1) is 17.0 Å². The smallest absolute Gasteiger partial charge is 0.258 e. The van der Waals surface area contributed by atoms with Gasteiger partial charge in [-0.15, -0.1) is 0 Å². The van der Waals surface area contributed by atoms with Crippen molar-refractivity contribution in [1.82, 2.24) is 19.8 Å². The van der Waals surface area contributed by atoms with Crippen LogP contribution < -0.4 is 5.69 Å². The zero-order valence-electron chi connectivity index (χ0n) is 14.3. The lowest BCUT2D eigenvalue weighted by Crippen LogP contribution is -2.25. The van der Waals surface area contributed by atoms with Gasteiger partial charge in [0, 0.05) is 21.7 Å². The van der Waals surface area contributed by atoms with E-state index in [0.717, 1.165) is 11.1 Å². The van der Waals surface area contributed by atoms with Crippen LogP contribution in [0.3, 0.4) is 0 Å². The Morgan fingerprint density at radius 2 is 1.96 bits per heavy atom. The van der Waals surface area contributed by atoms with Crippen LogP contribution in [0.15, 0.2) is 41.2 Å². The quantitative estimate of drug-likeness (QED) is 0.461. The Labute approximate surface area is 164 Å². The zero-order chi connectivity index (χ0) is 19.6. The summed E-state index contributed by atoms with van der Waals surface area (Å²) in [7, 11) is 0. The predicted octanol–water partition coefficient (Wildman–Crippen LogP) is 3.25. The summed E-state index contributed by atoms with van der Waals surface area (Å²) in [6, 6.07) is 9.95. The number of nitro benzene ring substituents is 1. The fraction of sp³-hybridized carbons (Fsp3) is 0.235. The zero-order valence-corrected chi connectivity index (χ0v) is 15.8. The van der Waals surface area contributed by atoms with Crippen LogP contribution in [0.4, 0.5) is 5.69 Å². The summed E-state index contributed by atoms with van der Waals surface area (Å²) < 4.78 is 1.38. The molecule has 2 aromatic carbocycles. The van der Waals surface area contributed by atoms with E-state index in [1.165, 1.54) is 15.5 Å². The minimum Gasteiger partial charge on any atom is -0.258 e. The molecule has 0 aliphatic heterocycles. The summed E-state index contributed by atoms with van der Waals surface area (Å²) in [5, 5.41) is 19.5. The third-order valence-electron chi connectivity index (χ3n) is 4.12. The first-order valence-electron chi connectivity index (χ1n) is 8.03. The number of nitrogens with zero attached hydrogens (tertiary/aromatic N) is 5. The van der Waals surface area contributed by atoms with Gasteiger partial charge in [0.25, 0.3) is 5.69 Å². The number of halogens is 2. The molecule has 0 spiro atoms. The Morgan fingerprint density at radius 3 is 2.63 bits per heavy atom. The van der Waals surface area contributed by atoms with Crippen LogP contribution in [-0.4, -0.2) is 24.7 Å². The van der Waals surface area contributed by atoms with Crippen molar-refractivity contribution in [2.75, 3.05) is 0 Å². The van der Waals surface area contributed by atoms with Crippen molar-refractivity contribution in [1.29, 1.82) is 0 Å². The Bertz CT molecular complexity index is 1060. The minimum absolute atomic E-state index is 0.0371. The average Bonchev–Trinajstić information content (AvgIpc) is 2.94. The Balaban J connectivity index is 1.79. The molecule has 0 aliphatic rings. The minimum atomic E-state index is -0.492. The third kappa shape index (κ3) is 4.35. The maximum absolute atomic E-state index is 12.0. The van der Waals surface area contributed by atoms with Crippen molar-refractivity contribution < 1.29 is 4.92 Å². The van der Waals surface area contributed by atoms with Crippen LogP contribution in [0.2, 0.25) is 10.0 Å². The van der Waals surface area contributed by atoms with Gasteiger partial charge in [0.15, 0.2) is 0 Å². The predicted molar refractivity (Wildman–Crippen MR) is 101 cm³/mol. The number of rotatable bonds is 6. The van der Waals surface area contributed by atoms with Crippen molar-refractivity contribution >= 4 is 28.9 Å². The maximum atomic E-state index is 12.0. The molecular weight excluding hydrogens is 393 g/mol. The van der Waals surface area contributed by atoms with Crippen molar-refractivity contribution in [2.24, 2.45) is 0 Å². The van der Waals surface area contributed by atoms with Gasteiger partial charge in [0.05, 0.1) is 18.0 Å². The van der Waals surface area contributed by atoms with Crippen LogP contribution in [0.1, 0.15) is 16.7 Å². The van der Waals surface area contributed by atoms with E-state index in [-0.39, 0.29) is 12.2 Å². The highest BCUT2D eigenvalue weighted by atomic mass is 35.5. The highest BCUT2D eigenvalue weighted by Gasteiger charge is 2.13. The first kappa shape index (κ1) is 19.1. The highest BCUT2D eigenvalue weighted by Crippen LogP contribution is 2.22. The van der Waals surface area contributed by atoms with Gasteiger partial charge in [-0.1, -0.05) is 40.4 Å². The van der Waals surface area contributed by atoms with Gasteiger partial charge in [-0.05, 0) is 47.9 Å². The molecule has 0 unspecified atom stereocenters. The molecule has 1 heterocycles. The summed E-state index contributed by atoms with van der Waals surface area (Å²) in [5.74, 6) is 0. The number of hydrogen-bond acceptors (Lipinski definition) is 5. The molecule has 0 radical (unpaired) electrons. The third-order valence-corrected chi connectivity index (χ3v) is 4.71. The summed E-state index contributed by atoms with van der Waals surface area (Å²) in [6.45, 7) is 2.25. The Kier molecular flexibility index (Phi) is 5.57. The van der Waals surface area contributed by atoms with Gasteiger partial charge in [-0.2, -0.15) is 4.80 Å². The van der Waals surface area contributed by atoms with E-state index in [1.807, 2.05) is 6.07 Å². The first-order chi connectivity index (χ1) is 12.8. The molecule has 8 nitrogen and oxygen atoms in total. The molecule has 3 aromatic rings. The number of nitro groups is 1. The van der Waals surface area contributed by atoms with Crippen LogP contribution in [0.25, 0.3) is 0 Å². The molecule has 0 bridgehead atoms. The maximum Gasteiger partial charge on any atom is 0.384 e. The highest BCUT2D eigenvalue weighted by molar-refractivity contribution is 6.35. The summed E-state index contributed by atoms with van der Waals surface area (Å²) in [5.41, 5.74) is 1.69. The Hall–Kier alpha value is -2.71. The average molecular weight is 408 g/mol. The monoisotopic (exact) mass is 407 g/mol. The lowest BCUT2D eigenvalue weighted by Gasteiger charge is -2.10. The standard InChI is InChI=1S/C17H15Cl2N5O3/c1-11-8-12(2-5-16(11)24(26)27)10-22-17(25)20-21-23(22)7-6-13-3-4-14(18)9-15(13)19/h2-5,8-9H,6-7,10H2,1H3. The molecule has 0 amide bonds. The molecule has 0 N–H and O–H groups in total. The van der Waals surface area contributed by atoms with Gasteiger partial charge in [0.1, 0.15) is 0 Å². The van der Waals surface area contributed by atoms with E-state index in [2.05, 4.69) is 10.3 Å². The number of benzene rings is 2. The van der Waals surface area contributed by atoms with Gasteiger partial charge in [0.2, 0.25) is 0 Å². The number of tetrazole rings is 1. The lowest BCUT2D eigenvalue weighted by molar-refractivity contribution is -0.385. The molecule has 27 heavy (non-hydrogen) atoms. The number of aromatic nitrogens is 4. The molecular formula is C17H15Cl2N5O3. The fourth-order valence-corrected chi connectivity index (χ4v) is 3.24. The topological polar surface area (TPSA) is 95.8 Å². The van der Waals surface area contributed by atoms with Crippen LogP contribution in [0.5, 0.6) is 0 Å². The van der Waals surface area contributed by atoms with E-state index in [4.69, 9.17) is 23.2 Å². The van der Waals surface area contributed by atoms with E-state index >= 15 is 0 Å². The first-order valence-corrected chi connectivity index (χ1v) is 8.79. The molecule has 0 aliphatic carbocycles. The van der Waals surface area contributed by atoms with Crippen molar-refractivity contribution in [3.05, 3.63) is 83.7 Å². The van der Waals surface area contributed by atoms with E-state index < -0.39 is 10.6 Å². The van der Waals surface area contributed by atoms with Gasteiger partial charge in [-0.25, -0.2) is 9.48 Å². The van der Waals surface area contributed by atoms with Crippen molar-refractivity contribution in [2.45, 2.75) is 26.4 Å². The summed E-state index contributed by atoms with van der Waals surface area (Å²) in [4.78, 5) is 24.0. The Morgan fingerprint density at radius 1 is 1.19 bits per heavy atom. The van der Waals surface area contributed by atoms with Gasteiger partial charge < -0.3 is 0 Å². The van der Waals surface area contributed by atoms with Crippen LogP contribution >= 0.6 is 23.2 Å². The molecule has 0 saturated heterocycles. The molecule has 3 rings (SSSR count). The number of hydrogen-bond donors (Lipinski definition) is 0. The van der Waals surface area contributed by atoms with Crippen LogP contribution in [-0.2, 0) is 19.5 Å². The van der Waals surface area contributed by atoms with Gasteiger partial charge in [-0.3, -0.25) is 10.1 Å². The largest absolute Gasteiger partial charge is 0.384 e. The van der Waals surface area contributed by atoms with Crippen molar-refractivity contribution in [3.8, 4) is 0 Å². The number of aryl methyl sites for hydroxylation is 3. The fourth-order valence-electron chi connectivity index (χ4n) is 2.74. The molecule has 0 saturated carbocycles. The molecule has 0 atom stereocenters. The second-order valence-electron chi connectivity index (χ2n) is 5.99. The van der Waals surface area contributed by atoms with Gasteiger partial charge >= 0.3 is 5.69 Å². The van der Waals surface area contributed by atoms with Crippen molar-refractivity contribution in [3.63, 3.8) is 0 Å². The molecule has 10 heteroatoms. The SMILES string of the molecule is Cc1cc(Cn2c(=O)nnn2CCc2ccc(Cl)cc2Cl)ccc1[N+](=O)[O-]. The normalized spacial score (nSPS) is 10.9. The van der Waals surface area contributed by atoms with E-state index in [9.17, 15) is 14.9 Å². The molecule has 1 aromatic heterocycles. The second kappa shape index (κ2) is 7.89. The molecule has 140 valence electrons. The lowest BCUT2D eigenvalue weighted by atomic mass is 10.1. The molecule has 0 fully saturated rings.